The van der Waals surface area contributed by atoms with Gasteiger partial charge in [-0.15, -0.1) is 0 Å². The molecule has 5 atom stereocenters. The maximum Gasteiger partial charge on any atom is 0.407 e. The van der Waals surface area contributed by atoms with Crippen molar-refractivity contribution in [3.8, 4) is 0 Å². The molecule has 0 aliphatic carbocycles. The van der Waals surface area contributed by atoms with E-state index in [2.05, 4.69) is 31.5 Å². The van der Waals surface area contributed by atoms with Crippen LogP contribution in [0.3, 0.4) is 0 Å². The Morgan fingerprint density at radius 3 is 2.15 bits per heavy atom. The fraction of sp³-hybridized carbons (Fsp3) is 0.714. The van der Waals surface area contributed by atoms with E-state index in [4.69, 9.17) is 29.8 Å². The number of carbonyl (C=O) groups excluding carboxylic acids is 4. The van der Waals surface area contributed by atoms with Gasteiger partial charge in [0.1, 0.15) is 25.4 Å². The highest BCUT2D eigenvalue weighted by atomic mass is 28.3. The maximum absolute atomic E-state index is 12.4. The second kappa shape index (κ2) is 13.3. The Labute approximate surface area is 196 Å². The molecule has 1 fully saturated rings. The third-order valence-corrected chi connectivity index (χ3v) is 6.13. The summed E-state index contributed by atoms with van der Waals surface area (Å²) in [6.07, 6.45) is -5.62. The molecular weight excluding hydrogens is 454 g/mol. The monoisotopic (exact) mass is 490 g/mol. The van der Waals surface area contributed by atoms with Crippen LogP contribution >= 0.6 is 0 Å². The Morgan fingerprint density at radius 2 is 1.64 bits per heavy atom. The minimum Gasteiger partial charge on any atom is -0.463 e. The summed E-state index contributed by atoms with van der Waals surface area (Å²) in [6, 6.07) is -0.508. The molecule has 12 heteroatoms. The van der Waals surface area contributed by atoms with Crippen LogP contribution in [0.15, 0.2) is 12.6 Å². The lowest BCUT2D eigenvalue weighted by Crippen LogP contribution is -2.66. The topological polar surface area (TPSA) is 136 Å². The highest BCUT2D eigenvalue weighted by Crippen LogP contribution is 2.28. The van der Waals surface area contributed by atoms with E-state index in [-0.39, 0.29) is 25.9 Å². The van der Waals surface area contributed by atoms with E-state index >= 15 is 0 Å². The second-order valence-electron chi connectivity index (χ2n) is 8.67. The minimum absolute atomic E-state index is 0.131. The fourth-order valence-corrected chi connectivity index (χ4v) is 3.70. The zero-order chi connectivity index (χ0) is 26.1. The molecular formula is C21H35NO10Si. The molecule has 1 aliphatic heterocycles. The lowest BCUT2D eigenvalue weighted by Gasteiger charge is -2.44. The van der Waals surface area contributed by atoms with Crippen LogP contribution in [0.2, 0.25) is 25.7 Å². The first-order valence-corrected chi connectivity index (χ1v) is 14.2. The van der Waals surface area contributed by atoms with E-state index in [0.717, 1.165) is 19.9 Å². The van der Waals surface area contributed by atoms with Crippen LogP contribution in [0, 0.1) is 0 Å². The normalized spacial score (nSPS) is 25.3. The van der Waals surface area contributed by atoms with Gasteiger partial charge in [-0.1, -0.05) is 32.3 Å². The van der Waals surface area contributed by atoms with Gasteiger partial charge in [-0.3, -0.25) is 14.4 Å². The van der Waals surface area contributed by atoms with Crippen molar-refractivity contribution in [3.63, 3.8) is 0 Å². The van der Waals surface area contributed by atoms with Gasteiger partial charge in [0.05, 0.1) is 1.37 Å². The summed E-state index contributed by atoms with van der Waals surface area (Å²) in [5.74, 6) is -2.01. The average Bonchev–Trinajstić information content (AvgIpc) is 2.67. The van der Waals surface area contributed by atoms with Gasteiger partial charge in [-0.05, 0) is 6.04 Å². The van der Waals surface area contributed by atoms with Crippen molar-refractivity contribution in [2.45, 2.75) is 77.1 Å². The predicted molar refractivity (Wildman–Crippen MR) is 119 cm³/mol. The molecule has 1 saturated heterocycles. The van der Waals surface area contributed by atoms with Crippen LogP contribution < -0.4 is 5.32 Å². The summed E-state index contributed by atoms with van der Waals surface area (Å²) >= 11 is 0. The van der Waals surface area contributed by atoms with Crippen molar-refractivity contribution < 1.29 is 49.0 Å². The van der Waals surface area contributed by atoms with Gasteiger partial charge in [0.25, 0.3) is 0 Å². The minimum atomic E-state index is -1.49. The molecule has 0 bridgehead atoms. The number of hydrogen-bond donors (Lipinski definition) is 1. The summed E-state index contributed by atoms with van der Waals surface area (Å²) < 4.78 is 39.9. The molecule has 0 aromatic rings. The Balaban J connectivity index is 3.29. The number of carbonyl (C=O) groups is 4. The number of rotatable bonds is 11. The summed E-state index contributed by atoms with van der Waals surface area (Å²) in [7, 11) is -1.49. The Kier molecular flexibility index (Phi) is 10.8. The van der Waals surface area contributed by atoms with Crippen molar-refractivity contribution in [1.29, 1.82) is 0 Å². The summed E-state index contributed by atoms with van der Waals surface area (Å²) in [5.41, 5.74) is 0. The van der Waals surface area contributed by atoms with Gasteiger partial charge in [0.2, 0.25) is 0 Å². The molecule has 0 spiro atoms. The van der Waals surface area contributed by atoms with Crippen molar-refractivity contribution in [2.24, 2.45) is 0 Å². The Morgan fingerprint density at radius 1 is 1.03 bits per heavy atom. The Bertz CT molecular complexity index is 756. The molecule has 1 unspecified atom stereocenters. The third kappa shape index (κ3) is 10.8. The van der Waals surface area contributed by atoms with Crippen molar-refractivity contribution in [2.75, 3.05) is 19.8 Å². The standard InChI is InChI=1S/C21H35NO10Si/c1-8-9-28-21(26)22-17-19(31-15(4)25)18(30-14(3)24)16(12-29-13(2)23)32-20(17)27-10-11-33(5,6)7/h8,16-20H,1,9-12H2,2-7H3,(H,22,26)/t16-,17-,18-,19-,20?/m1/s1/i8D. The first-order chi connectivity index (χ1) is 15.7. The van der Waals surface area contributed by atoms with Crippen LogP contribution in [-0.2, 0) is 42.8 Å². The molecule has 188 valence electrons. The van der Waals surface area contributed by atoms with Gasteiger partial charge in [0.15, 0.2) is 18.5 Å². The number of hydrogen-bond acceptors (Lipinski definition) is 10. The molecule has 0 radical (unpaired) electrons. The molecule has 11 nitrogen and oxygen atoms in total. The smallest absolute Gasteiger partial charge is 0.407 e. The highest BCUT2D eigenvalue weighted by Gasteiger charge is 2.51. The summed E-state index contributed by atoms with van der Waals surface area (Å²) in [6.45, 7) is 12.9. The lowest BCUT2D eigenvalue weighted by molar-refractivity contribution is -0.276. The van der Waals surface area contributed by atoms with Crippen molar-refractivity contribution in [3.05, 3.63) is 12.6 Å². The molecule has 1 aliphatic rings. The van der Waals surface area contributed by atoms with Crippen molar-refractivity contribution >= 4 is 32.1 Å². The molecule has 33 heavy (non-hydrogen) atoms. The first kappa shape index (κ1) is 26.8. The second-order valence-corrected chi connectivity index (χ2v) is 14.3. The maximum atomic E-state index is 12.4. The quantitative estimate of drug-likeness (QED) is 0.197. The van der Waals surface area contributed by atoms with E-state index in [9.17, 15) is 19.2 Å². The number of amides is 1. The van der Waals surface area contributed by atoms with Crippen LogP contribution in [0.4, 0.5) is 4.79 Å². The molecule has 1 amide bonds. The van der Waals surface area contributed by atoms with E-state index in [1.165, 1.54) is 6.92 Å². The van der Waals surface area contributed by atoms with Crippen LogP contribution in [0.25, 0.3) is 0 Å². The molecule has 0 aromatic carbocycles. The molecule has 0 saturated carbocycles. The van der Waals surface area contributed by atoms with Crippen LogP contribution in [0.5, 0.6) is 0 Å². The highest BCUT2D eigenvalue weighted by molar-refractivity contribution is 6.76. The van der Waals surface area contributed by atoms with Gasteiger partial charge in [0, 0.05) is 35.5 Å². The predicted octanol–water partition coefficient (Wildman–Crippen LogP) is 1.77. The van der Waals surface area contributed by atoms with E-state index < -0.39 is 62.7 Å². The van der Waals surface area contributed by atoms with Gasteiger partial charge < -0.3 is 33.7 Å². The summed E-state index contributed by atoms with van der Waals surface area (Å²) in [4.78, 5) is 47.5. The largest absolute Gasteiger partial charge is 0.463 e. The van der Waals surface area contributed by atoms with E-state index in [0.29, 0.717) is 0 Å². The van der Waals surface area contributed by atoms with Gasteiger partial charge >= 0.3 is 24.0 Å². The Hall–Kier alpha value is -2.44. The van der Waals surface area contributed by atoms with E-state index in [1.54, 1.807) is 0 Å². The lowest BCUT2D eigenvalue weighted by atomic mass is 9.96. The van der Waals surface area contributed by atoms with Crippen molar-refractivity contribution in [1.82, 2.24) is 5.32 Å². The third-order valence-electron chi connectivity index (χ3n) is 4.43. The number of nitrogens with one attached hydrogen (secondary N) is 1. The fourth-order valence-electron chi connectivity index (χ4n) is 2.97. The first-order valence-electron chi connectivity index (χ1n) is 11.0. The molecule has 1 rings (SSSR count). The van der Waals surface area contributed by atoms with Gasteiger partial charge in [-0.25, -0.2) is 4.79 Å². The zero-order valence-corrected chi connectivity index (χ0v) is 21.0. The SMILES string of the molecule is [2H]C(=C)COC(=O)N[C@H]1C(OCC[Si](C)(C)C)O[C@H](COC(C)=O)[C@@H](OC(C)=O)[C@@H]1OC(C)=O. The number of alkyl carbamates (subject to hydrolysis) is 1. The molecule has 1 N–H and O–H groups in total. The average molecular weight is 491 g/mol. The molecule has 1 heterocycles. The van der Waals surface area contributed by atoms with Gasteiger partial charge in [-0.2, -0.15) is 0 Å². The van der Waals surface area contributed by atoms with Crippen LogP contribution in [0.1, 0.15) is 22.1 Å². The number of ether oxygens (including phenoxy) is 6. The zero-order valence-electron chi connectivity index (χ0n) is 21.0. The molecule has 0 aromatic heterocycles. The van der Waals surface area contributed by atoms with E-state index in [1.807, 2.05) is 0 Å². The summed E-state index contributed by atoms with van der Waals surface area (Å²) in [5, 5.41) is 2.52. The van der Waals surface area contributed by atoms with Crippen LogP contribution in [-0.4, -0.2) is 82.5 Å². The number of esters is 3.